The summed E-state index contributed by atoms with van der Waals surface area (Å²) in [6.45, 7) is 9.54. The largest absolute Gasteiger partial charge is 0.264 e. The van der Waals surface area contributed by atoms with Crippen LogP contribution in [0, 0.1) is 13.3 Å². The van der Waals surface area contributed by atoms with Gasteiger partial charge in [-0.25, -0.2) is 13.1 Å². The first kappa shape index (κ1) is 16.4. The van der Waals surface area contributed by atoms with Crippen LogP contribution >= 0.6 is 0 Å². The molecule has 0 saturated heterocycles. The van der Waals surface area contributed by atoms with Gasteiger partial charge in [-0.15, -0.1) is 0 Å². The molecule has 0 aromatic heterocycles. The number of nitrogens with one attached hydrogen (secondary N) is 1. The fourth-order valence-corrected chi connectivity index (χ4v) is 2.87. The first-order valence-electron chi connectivity index (χ1n) is 6.54. The number of allylic oxidation sites excluding steroid dienone is 4. The zero-order valence-electron chi connectivity index (χ0n) is 12.7. The van der Waals surface area contributed by atoms with Gasteiger partial charge < -0.3 is 0 Å². The van der Waals surface area contributed by atoms with Gasteiger partial charge in [-0.2, -0.15) is 0 Å². The van der Waals surface area contributed by atoms with Gasteiger partial charge in [0.15, 0.2) is 0 Å². The van der Waals surface area contributed by atoms with E-state index in [4.69, 9.17) is 0 Å². The highest BCUT2D eigenvalue weighted by Crippen LogP contribution is 2.17. The zero-order chi connectivity index (χ0) is 15.3. The number of aryl methyl sites for hydroxylation is 1. The summed E-state index contributed by atoms with van der Waals surface area (Å²) in [5.74, 6) is 0. The van der Waals surface area contributed by atoms with Gasteiger partial charge in [-0.3, -0.25) is 0 Å². The Kier molecular flexibility index (Phi) is 5.45. The number of hydrogen-bond donors (Lipinski definition) is 1. The third-order valence-electron chi connectivity index (χ3n) is 3.29. The Hall–Kier alpha value is -1.68. The van der Waals surface area contributed by atoms with Crippen molar-refractivity contribution in [2.24, 2.45) is 0 Å². The molecule has 4 heteroatoms. The van der Waals surface area contributed by atoms with Gasteiger partial charge >= 0.3 is 0 Å². The molecule has 108 valence electrons. The summed E-state index contributed by atoms with van der Waals surface area (Å²) in [4.78, 5) is 0.272. The molecular weight excluding hydrogens is 270 g/mol. The lowest BCUT2D eigenvalue weighted by atomic mass is 10.1. The van der Waals surface area contributed by atoms with Crippen LogP contribution in [0.15, 0.2) is 52.1 Å². The van der Waals surface area contributed by atoms with E-state index in [1.54, 1.807) is 30.7 Å². The monoisotopic (exact) mass is 292 g/mol. The van der Waals surface area contributed by atoms with Gasteiger partial charge in [-0.05, 0) is 32.9 Å². The molecule has 0 radical (unpaired) electrons. The minimum Gasteiger partial charge on any atom is -0.245 e. The molecule has 20 heavy (non-hydrogen) atoms. The molecule has 0 saturated carbocycles. The summed E-state index contributed by atoms with van der Waals surface area (Å²) in [7, 11) is -3.54. The molecule has 0 heterocycles. The second kappa shape index (κ2) is 6.66. The molecule has 1 aromatic rings. The minimum absolute atomic E-state index is 0.272. The minimum atomic E-state index is -3.54. The maximum Gasteiger partial charge on any atom is 0.264 e. The maximum absolute atomic E-state index is 12.3. The highest BCUT2D eigenvalue weighted by Gasteiger charge is 2.21. The molecule has 0 aliphatic heterocycles. The predicted molar refractivity (Wildman–Crippen MR) is 83.6 cm³/mol. The first-order chi connectivity index (χ1) is 9.31. The molecule has 0 atom stereocenters. The van der Waals surface area contributed by atoms with Crippen LogP contribution in [0.25, 0.3) is 0 Å². The van der Waals surface area contributed by atoms with Crippen LogP contribution in [-0.4, -0.2) is 8.42 Å². The lowest BCUT2D eigenvalue weighted by Gasteiger charge is -2.08. The van der Waals surface area contributed by atoms with Crippen molar-refractivity contribution in [3.8, 4) is 0 Å². The summed E-state index contributed by atoms with van der Waals surface area (Å²) in [5, 5.41) is 0. The van der Waals surface area contributed by atoms with Crippen molar-refractivity contribution >= 4 is 10.0 Å². The Bertz CT molecular complexity index is 623. The molecule has 0 unspecified atom stereocenters. The van der Waals surface area contributed by atoms with Crippen LogP contribution in [0.4, 0.5) is 0 Å². The van der Waals surface area contributed by atoms with Gasteiger partial charge in [0, 0.05) is 19.4 Å². The second-order valence-electron chi connectivity index (χ2n) is 4.72. The average Bonchev–Trinajstić information content (AvgIpc) is 2.43. The normalized spacial score (nSPS) is 13.8. The third kappa shape index (κ3) is 3.90. The van der Waals surface area contributed by atoms with Crippen molar-refractivity contribution < 1.29 is 8.42 Å². The van der Waals surface area contributed by atoms with Crippen molar-refractivity contribution in [1.29, 1.82) is 0 Å². The lowest BCUT2D eigenvalue weighted by molar-refractivity contribution is 0.588. The molecule has 0 spiro atoms. The average molecular weight is 292 g/mol. The van der Waals surface area contributed by atoms with Gasteiger partial charge in [0.1, 0.15) is 5.57 Å². The first-order valence-corrected chi connectivity index (χ1v) is 8.03. The van der Waals surface area contributed by atoms with E-state index in [2.05, 4.69) is 4.72 Å². The number of hydrogen-bond acceptors (Lipinski definition) is 2. The van der Waals surface area contributed by atoms with Gasteiger partial charge in [0.25, 0.3) is 10.0 Å². The van der Waals surface area contributed by atoms with E-state index in [0.29, 0.717) is 5.70 Å². The van der Waals surface area contributed by atoms with Gasteiger partial charge in [0.2, 0.25) is 5.70 Å². The lowest BCUT2D eigenvalue weighted by Crippen LogP contribution is -2.24. The summed E-state index contributed by atoms with van der Waals surface area (Å²) >= 11 is 0. The van der Waals surface area contributed by atoms with Gasteiger partial charge in [0.05, 0.1) is 11.3 Å². The van der Waals surface area contributed by atoms with Crippen molar-refractivity contribution in [3.63, 3.8) is 0 Å². The van der Waals surface area contributed by atoms with Crippen molar-refractivity contribution in [2.75, 3.05) is 0 Å². The molecule has 3 nitrogen and oxygen atoms in total. The Labute approximate surface area is 122 Å². The number of rotatable bonds is 5. The van der Waals surface area contributed by atoms with Crippen LogP contribution < -0.4 is 4.72 Å². The molecule has 1 rings (SSSR count). The Morgan fingerprint density at radius 3 is 2.20 bits per heavy atom. The smallest absolute Gasteiger partial charge is 0.245 e. The molecule has 0 aliphatic rings. The molecule has 0 fully saturated rings. The van der Waals surface area contributed by atoms with E-state index >= 15 is 0 Å². The van der Waals surface area contributed by atoms with Crippen molar-refractivity contribution in [2.45, 2.75) is 39.5 Å². The molecular formula is C16H22NO2S+. The topological polar surface area (TPSA) is 46.2 Å². The predicted octanol–water partition coefficient (Wildman–Crippen LogP) is 3.74. The highest BCUT2D eigenvalue weighted by atomic mass is 32.2. The zero-order valence-corrected chi connectivity index (χ0v) is 13.5. The van der Waals surface area contributed by atoms with E-state index < -0.39 is 10.0 Å². The Morgan fingerprint density at radius 2 is 1.75 bits per heavy atom. The van der Waals surface area contributed by atoms with E-state index in [0.717, 1.165) is 16.7 Å². The van der Waals surface area contributed by atoms with E-state index in [9.17, 15) is 8.42 Å². The highest BCUT2D eigenvalue weighted by molar-refractivity contribution is 7.89. The quantitative estimate of drug-likeness (QED) is 0.664. The number of sulfonamides is 1. The van der Waals surface area contributed by atoms with Crippen LogP contribution in [0.2, 0.25) is 0 Å². The molecule has 0 amide bonds. The molecule has 1 N–H and O–H groups in total. The Balaban J connectivity index is 3.15. The number of benzene rings is 1. The third-order valence-corrected chi connectivity index (χ3v) is 4.67. The van der Waals surface area contributed by atoms with Crippen molar-refractivity contribution in [3.05, 3.63) is 59.2 Å². The van der Waals surface area contributed by atoms with E-state index in [1.165, 1.54) is 0 Å². The summed E-state index contributed by atoms with van der Waals surface area (Å²) in [5.41, 5.74) is 3.61. The van der Waals surface area contributed by atoms with Crippen molar-refractivity contribution in [1.82, 2.24) is 4.72 Å². The van der Waals surface area contributed by atoms with Crippen LogP contribution in [0.5, 0.6) is 0 Å². The Morgan fingerprint density at radius 1 is 1.20 bits per heavy atom. The molecule has 0 aliphatic carbocycles. The van der Waals surface area contributed by atoms with E-state index in [1.807, 2.05) is 40.7 Å². The van der Waals surface area contributed by atoms with Gasteiger partial charge in [-0.1, -0.05) is 23.8 Å². The second-order valence-corrected chi connectivity index (χ2v) is 6.40. The molecule has 1 aromatic carbocycles. The maximum atomic E-state index is 12.3. The molecule has 0 bridgehead atoms. The summed E-state index contributed by atoms with van der Waals surface area (Å²) < 4.78 is 27.3. The SMILES string of the molecule is C/C=C(C)/C(C)=C(/[CH+]C)NS(=O)(=O)c1ccc(C)cc1. The summed E-state index contributed by atoms with van der Waals surface area (Å²) in [6.07, 6.45) is 3.73. The fourth-order valence-electron chi connectivity index (χ4n) is 1.70. The van der Waals surface area contributed by atoms with Crippen LogP contribution in [0.3, 0.4) is 0 Å². The standard InChI is InChI=1S/C16H22NO2S/c1-6-13(4)14(5)16(7-2)17-20(18,19)15-10-8-12(3)9-11-15/h6-11,17H,1-5H3/q+1/b13-6+,16-14-. The van der Waals surface area contributed by atoms with Crippen LogP contribution in [0.1, 0.15) is 33.3 Å². The summed E-state index contributed by atoms with van der Waals surface area (Å²) in [6, 6.07) is 6.81. The fraction of sp³-hybridized carbons (Fsp3) is 0.312. The van der Waals surface area contributed by atoms with Crippen LogP contribution in [-0.2, 0) is 10.0 Å². The van der Waals surface area contributed by atoms with E-state index in [-0.39, 0.29) is 4.90 Å².